The Bertz CT molecular complexity index is 2540. The smallest absolute Gasteiger partial charge is 0.140 e. The first kappa shape index (κ1) is 28.0. The summed E-state index contributed by atoms with van der Waals surface area (Å²) >= 11 is 0. The van der Waals surface area contributed by atoms with Crippen molar-refractivity contribution in [1.29, 1.82) is 0 Å². The van der Waals surface area contributed by atoms with Gasteiger partial charge in [-0.3, -0.25) is 0 Å². The second kappa shape index (κ2) is 11.5. The number of rotatable bonds is 5. The maximum Gasteiger partial charge on any atom is 0.140 e. The Kier molecular flexibility index (Phi) is 6.72. The third kappa shape index (κ3) is 4.78. The molecule has 226 valence electrons. The minimum absolute atomic E-state index is 0.973. The van der Waals surface area contributed by atoms with E-state index >= 15 is 0 Å². The summed E-state index contributed by atoms with van der Waals surface area (Å²) in [6, 6.07) is 63.4. The van der Waals surface area contributed by atoms with Crippen LogP contribution in [0.25, 0.3) is 88.5 Å². The summed E-state index contributed by atoms with van der Waals surface area (Å²) < 4.78 is 2.23. The Balaban J connectivity index is 1.14. The van der Waals surface area contributed by atoms with Gasteiger partial charge in [0.05, 0.1) is 11.0 Å². The molecule has 0 aliphatic heterocycles. The summed E-state index contributed by atoms with van der Waals surface area (Å²) in [5.74, 6) is 0.973. The molecular formula is C46H32N2. The molecule has 0 amide bonds. The fourth-order valence-electron chi connectivity index (χ4n) is 7.22. The lowest BCUT2D eigenvalue weighted by molar-refractivity contribution is 0.962. The van der Waals surface area contributed by atoms with Gasteiger partial charge >= 0.3 is 0 Å². The predicted octanol–water partition coefficient (Wildman–Crippen LogP) is 12.2. The molecule has 0 radical (unpaired) electrons. The molecule has 2 nitrogen and oxygen atoms in total. The van der Waals surface area contributed by atoms with Crippen LogP contribution in [0.15, 0.2) is 176 Å². The van der Waals surface area contributed by atoms with Crippen LogP contribution in [-0.2, 0) is 7.05 Å². The number of aromatic nitrogens is 2. The molecule has 0 aliphatic rings. The largest absolute Gasteiger partial charge is 0.327 e. The maximum atomic E-state index is 5.05. The Morgan fingerprint density at radius 3 is 1.50 bits per heavy atom. The molecule has 1 heterocycles. The maximum absolute atomic E-state index is 5.05. The molecule has 0 spiro atoms. The number of hydrogen-bond donors (Lipinski definition) is 0. The van der Waals surface area contributed by atoms with Gasteiger partial charge in [-0.25, -0.2) is 4.98 Å². The SMILES string of the molecule is Cn1c(-c2ccc(-c3ccc(-c4cc(-c5ccccc5)cc(-c5ccccc5)c4)c4ccccc34)cc2)nc2ccc3ccccc3c21. The Labute approximate surface area is 280 Å². The number of nitrogens with zero attached hydrogens (tertiary/aromatic N) is 2. The molecule has 0 aliphatic carbocycles. The van der Waals surface area contributed by atoms with E-state index in [2.05, 4.69) is 188 Å². The van der Waals surface area contributed by atoms with Crippen LogP contribution in [0.2, 0.25) is 0 Å². The molecule has 8 aromatic carbocycles. The van der Waals surface area contributed by atoms with Crippen molar-refractivity contribution in [3.63, 3.8) is 0 Å². The molecule has 9 rings (SSSR count). The second-order valence-electron chi connectivity index (χ2n) is 12.5. The number of hydrogen-bond acceptors (Lipinski definition) is 1. The predicted molar refractivity (Wildman–Crippen MR) is 203 cm³/mol. The van der Waals surface area contributed by atoms with Crippen molar-refractivity contribution in [2.24, 2.45) is 7.05 Å². The van der Waals surface area contributed by atoms with Crippen molar-refractivity contribution >= 4 is 32.6 Å². The van der Waals surface area contributed by atoms with Gasteiger partial charge in [0.15, 0.2) is 0 Å². The van der Waals surface area contributed by atoms with Crippen LogP contribution in [0.1, 0.15) is 0 Å². The van der Waals surface area contributed by atoms with E-state index in [1.54, 1.807) is 0 Å². The summed E-state index contributed by atoms with van der Waals surface area (Å²) in [5, 5.41) is 4.94. The minimum atomic E-state index is 0.973. The fourth-order valence-corrected chi connectivity index (χ4v) is 7.22. The third-order valence-electron chi connectivity index (χ3n) is 9.60. The van der Waals surface area contributed by atoms with Crippen LogP contribution in [0.3, 0.4) is 0 Å². The molecule has 0 N–H and O–H groups in total. The monoisotopic (exact) mass is 612 g/mol. The first-order chi connectivity index (χ1) is 23.7. The van der Waals surface area contributed by atoms with Crippen LogP contribution in [0.4, 0.5) is 0 Å². The van der Waals surface area contributed by atoms with E-state index in [-0.39, 0.29) is 0 Å². The first-order valence-electron chi connectivity index (χ1n) is 16.4. The van der Waals surface area contributed by atoms with Gasteiger partial charge in [0.1, 0.15) is 5.82 Å². The van der Waals surface area contributed by atoms with E-state index < -0.39 is 0 Å². The lowest BCUT2D eigenvalue weighted by Crippen LogP contribution is -1.93. The normalized spacial score (nSPS) is 11.4. The average molecular weight is 613 g/mol. The van der Waals surface area contributed by atoms with Gasteiger partial charge in [-0.15, -0.1) is 0 Å². The highest BCUT2D eigenvalue weighted by Crippen LogP contribution is 2.40. The summed E-state index contributed by atoms with van der Waals surface area (Å²) in [7, 11) is 2.12. The molecule has 9 aromatic rings. The number of aryl methyl sites for hydroxylation is 1. The molecule has 2 heteroatoms. The highest BCUT2D eigenvalue weighted by atomic mass is 15.1. The lowest BCUT2D eigenvalue weighted by Gasteiger charge is -2.15. The van der Waals surface area contributed by atoms with Crippen LogP contribution < -0.4 is 0 Å². The zero-order chi connectivity index (χ0) is 32.0. The molecule has 0 saturated carbocycles. The number of fused-ring (bicyclic) bond motifs is 4. The Hall–Kier alpha value is -6.25. The second-order valence-corrected chi connectivity index (χ2v) is 12.5. The zero-order valence-electron chi connectivity index (χ0n) is 26.6. The molecule has 0 bridgehead atoms. The van der Waals surface area contributed by atoms with Crippen LogP contribution in [0, 0.1) is 0 Å². The molecule has 0 fully saturated rings. The van der Waals surface area contributed by atoms with Crippen molar-refractivity contribution in [3.8, 4) is 55.9 Å². The quantitative estimate of drug-likeness (QED) is 0.189. The summed E-state index contributed by atoms with van der Waals surface area (Å²) in [6.45, 7) is 0. The highest BCUT2D eigenvalue weighted by molar-refractivity contribution is 6.07. The van der Waals surface area contributed by atoms with Crippen molar-refractivity contribution in [3.05, 3.63) is 176 Å². The zero-order valence-corrected chi connectivity index (χ0v) is 26.6. The number of imidazole rings is 1. The van der Waals surface area contributed by atoms with Crippen LogP contribution in [0.5, 0.6) is 0 Å². The van der Waals surface area contributed by atoms with Crippen molar-refractivity contribution in [2.45, 2.75) is 0 Å². The van der Waals surface area contributed by atoms with Gasteiger partial charge in [-0.1, -0.05) is 152 Å². The average Bonchev–Trinajstić information content (AvgIpc) is 3.51. The van der Waals surface area contributed by atoms with Gasteiger partial charge in [0.25, 0.3) is 0 Å². The first-order valence-corrected chi connectivity index (χ1v) is 16.4. The number of benzene rings is 8. The van der Waals surface area contributed by atoms with Crippen molar-refractivity contribution < 1.29 is 0 Å². The summed E-state index contributed by atoms with van der Waals surface area (Å²) in [6.07, 6.45) is 0. The highest BCUT2D eigenvalue weighted by Gasteiger charge is 2.15. The van der Waals surface area contributed by atoms with Gasteiger partial charge in [0.2, 0.25) is 0 Å². The van der Waals surface area contributed by atoms with E-state index in [4.69, 9.17) is 4.98 Å². The Morgan fingerprint density at radius 1 is 0.375 bits per heavy atom. The third-order valence-corrected chi connectivity index (χ3v) is 9.60. The van der Waals surface area contributed by atoms with Crippen LogP contribution >= 0.6 is 0 Å². The molecule has 0 unspecified atom stereocenters. The van der Waals surface area contributed by atoms with Crippen molar-refractivity contribution in [2.75, 3.05) is 0 Å². The van der Waals surface area contributed by atoms with Crippen LogP contribution in [-0.4, -0.2) is 9.55 Å². The standard InChI is InChI=1S/C46H32N2/c1-48-45-41-17-9-8-16-33(41)24-27-44(45)47-46(48)35-22-20-34(21-23-35)39-25-26-40(43-19-11-10-18-42(39)43)38-29-36(31-12-4-2-5-13-31)28-37(30-38)32-14-6-3-7-15-32/h2-30H,1H3. The molecular weight excluding hydrogens is 581 g/mol. The molecule has 0 atom stereocenters. The van der Waals surface area contributed by atoms with Crippen molar-refractivity contribution in [1.82, 2.24) is 9.55 Å². The van der Waals surface area contributed by atoms with E-state index in [1.165, 1.54) is 71.6 Å². The molecule has 48 heavy (non-hydrogen) atoms. The molecule has 1 aromatic heterocycles. The summed E-state index contributed by atoms with van der Waals surface area (Å²) in [4.78, 5) is 5.05. The topological polar surface area (TPSA) is 17.8 Å². The summed E-state index contributed by atoms with van der Waals surface area (Å²) in [5.41, 5.74) is 13.0. The minimum Gasteiger partial charge on any atom is -0.327 e. The van der Waals surface area contributed by atoms with E-state index in [1.807, 2.05) is 0 Å². The van der Waals surface area contributed by atoms with Gasteiger partial charge in [-0.05, 0) is 84.9 Å². The van der Waals surface area contributed by atoms with Gasteiger partial charge < -0.3 is 4.57 Å². The van der Waals surface area contributed by atoms with E-state index in [0.29, 0.717) is 0 Å². The van der Waals surface area contributed by atoms with E-state index in [0.717, 1.165) is 16.9 Å². The lowest BCUT2D eigenvalue weighted by atomic mass is 9.89. The van der Waals surface area contributed by atoms with Gasteiger partial charge in [0, 0.05) is 18.0 Å². The fraction of sp³-hybridized carbons (Fsp3) is 0.0217. The Morgan fingerprint density at radius 2 is 0.875 bits per heavy atom. The van der Waals surface area contributed by atoms with Gasteiger partial charge in [-0.2, -0.15) is 0 Å². The molecule has 0 saturated heterocycles. The van der Waals surface area contributed by atoms with E-state index in [9.17, 15) is 0 Å².